The maximum absolute atomic E-state index is 9.07. The van der Waals surface area contributed by atoms with Crippen LogP contribution < -0.4 is 10.2 Å². The molecular formula is C13H13N7O. The second-order valence-electron chi connectivity index (χ2n) is 4.35. The third kappa shape index (κ3) is 3.21. The molecule has 0 aliphatic carbocycles. The Kier molecular flexibility index (Phi) is 3.84. The summed E-state index contributed by atoms with van der Waals surface area (Å²) in [6.45, 7) is 2.65. The van der Waals surface area contributed by atoms with E-state index in [2.05, 4.69) is 25.3 Å². The van der Waals surface area contributed by atoms with Gasteiger partial charge in [-0.15, -0.1) is 0 Å². The standard InChI is InChI=1S/C13H13N7O/c14-9-11-17-12(16-10-1-3-15-4-2-10)19-13(18-11)20-5-7-21-8-6-20/h1-4H,5-8H2,(H,15,16,17,18,19). The van der Waals surface area contributed by atoms with E-state index in [0.717, 1.165) is 5.69 Å². The highest BCUT2D eigenvalue weighted by Gasteiger charge is 2.16. The lowest BCUT2D eigenvalue weighted by atomic mass is 10.4. The average molecular weight is 283 g/mol. The molecule has 2 aromatic rings. The molecule has 1 aliphatic rings. The third-order valence-corrected chi connectivity index (χ3v) is 2.95. The van der Waals surface area contributed by atoms with Crippen LogP contribution in [0.1, 0.15) is 5.82 Å². The minimum atomic E-state index is 0.0862. The third-order valence-electron chi connectivity index (χ3n) is 2.95. The second-order valence-corrected chi connectivity index (χ2v) is 4.35. The number of anilines is 3. The lowest BCUT2D eigenvalue weighted by molar-refractivity contribution is 0.122. The van der Waals surface area contributed by atoms with Crippen molar-refractivity contribution in [3.63, 3.8) is 0 Å². The predicted molar refractivity (Wildman–Crippen MR) is 75.1 cm³/mol. The number of nitrogens with zero attached hydrogens (tertiary/aromatic N) is 6. The molecule has 106 valence electrons. The van der Waals surface area contributed by atoms with Gasteiger partial charge in [0, 0.05) is 31.2 Å². The Balaban J connectivity index is 1.88. The molecule has 3 heterocycles. The molecule has 1 aliphatic heterocycles. The highest BCUT2D eigenvalue weighted by molar-refractivity contribution is 5.53. The van der Waals surface area contributed by atoms with E-state index in [1.165, 1.54) is 0 Å². The van der Waals surface area contributed by atoms with Crippen LogP contribution in [0.15, 0.2) is 24.5 Å². The van der Waals surface area contributed by atoms with Crippen molar-refractivity contribution in [1.82, 2.24) is 19.9 Å². The summed E-state index contributed by atoms with van der Waals surface area (Å²) in [6.07, 6.45) is 3.33. The first kappa shape index (κ1) is 13.2. The van der Waals surface area contributed by atoms with E-state index in [-0.39, 0.29) is 5.82 Å². The van der Waals surface area contributed by atoms with Gasteiger partial charge in [0.1, 0.15) is 6.07 Å². The Morgan fingerprint density at radius 2 is 1.90 bits per heavy atom. The van der Waals surface area contributed by atoms with Gasteiger partial charge in [0.15, 0.2) is 0 Å². The minimum absolute atomic E-state index is 0.0862. The van der Waals surface area contributed by atoms with Crippen molar-refractivity contribution >= 4 is 17.6 Å². The molecule has 0 radical (unpaired) electrons. The van der Waals surface area contributed by atoms with Crippen molar-refractivity contribution in [2.24, 2.45) is 0 Å². The largest absolute Gasteiger partial charge is 0.378 e. The molecule has 2 aromatic heterocycles. The first-order valence-electron chi connectivity index (χ1n) is 6.51. The number of pyridine rings is 1. The molecule has 1 fully saturated rings. The fourth-order valence-corrected chi connectivity index (χ4v) is 1.94. The van der Waals surface area contributed by atoms with E-state index >= 15 is 0 Å². The monoisotopic (exact) mass is 283 g/mol. The molecule has 0 atom stereocenters. The summed E-state index contributed by atoms with van der Waals surface area (Å²) >= 11 is 0. The van der Waals surface area contributed by atoms with Crippen molar-refractivity contribution in [3.8, 4) is 6.07 Å². The van der Waals surface area contributed by atoms with Gasteiger partial charge >= 0.3 is 0 Å². The molecule has 0 spiro atoms. The van der Waals surface area contributed by atoms with Gasteiger partial charge in [-0.2, -0.15) is 20.2 Å². The van der Waals surface area contributed by atoms with Crippen molar-refractivity contribution in [1.29, 1.82) is 5.26 Å². The fourth-order valence-electron chi connectivity index (χ4n) is 1.94. The van der Waals surface area contributed by atoms with E-state index in [0.29, 0.717) is 38.2 Å². The van der Waals surface area contributed by atoms with Crippen LogP contribution in [0.25, 0.3) is 0 Å². The van der Waals surface area contributed by atoms with Gasteiger partial charge in [-0.3, -0.25) is 4.98 Å². The van der Waals surface area contributed by atoms with E-state index in [4.69, 9.17) is 10.00 Å². The zero-order valence-corrected chi connectivity index (χ0v) is 11.2. The summed E-state index contributed by atoms with van der Waals surface area (Å²) in [5.41, 5.74) is 0.799. The van der Waals surface area contributed by atoms with Crippen molar-refractivity contribution < 1.29 is 4.74 Å². The quantitative estimate of drug-likeness (QED) is 0.879. The normalized spacial score (nSPS) is 14.5. The van der Waals surface area contributed by atoms with Crippen LogP contribution in [0.4, 0.5) is 17.6 Å². The van der Waals surface area contributed by atoms with Gasteiger partial charge in [0.25, 0.3) is 0 Å². The Morgan fingerprint density at radius 3 is 2.62 bits per heavy atom. The van der Waals surface area contributed by atoms with Crippen LogP contribution in [0, 0.1) is 11.3 Å². The molecule has 0 bridgehead atoms. The summed E-state index contributed by atoms with van der Waals surface area (Å²) < 4.78 is 5.30. The maximum Gasteiger partial charge on any atom is 0.238 e. The number of ether oxygens (including phenoxy) is 1. The number of morpholine rings is 1. The second kappa shape index (κ2) is 6.11. The summed E-state index contributed by atoms with van der Waals surface area (Å²) in [5, 5.41) is 12.1. The van der Waals surface area contributed by atoms with E-state index in [9.17, 15) is 0 Å². The summed E-state index contributed by atoms with van der Waals surface area (Å²) in [5.74, 6) is 0.915. The number of hydrogen-bond acceptors (Lipinski definition) is 8. The molecule has 0 aromatic carbocycles. The Labute approximate surface area is 121 Å². The Morgan fingerprint density at radius 1 is 1.14 bits per heavy atom. The summed E-state index contributed by atoms with van der Waals surface area (Å²) in [6, 6.07) is 5.55. The first-order chi connectivity index (χ1) is 10.3. The number of rotatable bonds is 3. The van der Waals surface area contributed by atoms with Gasteiger partial charge in [0.05, 0.1) is 13.2 Å². The van der Waals surface area contributed by atoms with Crippen LogP contribution in [-0.4, -0.2) is 46.2 Å². The summed E-state index contributed by atoms with van der Waals surface area (Å²) in [4.78, 5) is 18.5. The lowest BCUT2D eigenvalue weighted by Gasteiger charge is -2.26. The number of nitriles is 1. The first-order valence-corrected chi connectivity index (χ1v) is 6.51. The molecular weight excluding hydrogens is 270 g/mol. The molecule has 0 saturated carbocycles. The zero-order valence-electron chi connectivity index (χ0n) is 11.2. The molecule has 0 unspecified atom stereocenters. The highest BCUT2D eigenvalue weighted by atomic mass is 16.5. The van der Waals surface area contributed by atoms with Gasteiger partial charge in [-0.1, -0.05) is 0 Å². The molecule has 3 rings (SSSR count). The fraction of sp³-hybridized carbons (Fsp3) is 0.308. The number of hydrogen-bond donors (Lipinski definition) is 1. The predicted octanol–water partition coefficient (Wildman–Crippen LogP) is 0.718. The molecule has 0 amide bonds. The zero-order chi connectivity index (χ0) is 14.5. The van der Waals surface area contributed by atoms with E-state index < -0.39 is 0 Å². The van der Waals surface area contributed by atoms with Crippen molar-refractivity contribution in [2.75, 3.05) is 36.5 Å². The molecule has 1 N–H and O–H groups in total. The Bertz CT molecular complexity index is 649. The molecule has 8 nitrogen and oxygen atoms in total. The van der Waals surface area contributed by atoms with Crippen LogP contribution in [0.5, 0.6) is 0 Å². The molecule has 8 heteroatoms. The highest BCUT2D eigenvalue weighted by Crippen LogP contribution is 2.16. The van der Waals surface area contributed by atoms with Gasteiger partial charge in [-0.25, -0.2) is 0 Å². The maximum atomic E-state index is 9.07. The van der Waals surface area contributed by atoms with Crippen LogP contribution in [-0.2, 0) is 4.74 Å². The Hall–Kier alpha value is -2.79. The number of aromatic nitrogens is 4. The topological polar surface area (TPSA) is 99.9 Å². The van der Waals surface area contributed by atoms with Gasteiger partial charge in [0.2, 0.25) is 17.7 Å². The lowest BCUT2D eigenvalue weighted by Crippen LogP contribution is -2.37. The van der Waals surface area contributed by atoms with E-state index in [1.54, 1.807) is 24.5 Å². The number of nitrogens with one attached hydrogen (secondary N) is 1. The average Bonchev–Trinajstić information content (AvgIpc) is 2.56. The van der Waals surface area contributed by atoms with Crippen molar-refractivity contribution in [2.45, 2.75) is 0 Å². The van der Waals surface area contributed by atoms with Crippen LogP contribution in [0.3, 0.4) is 0 Å². The summed E-state index contributed by atoms with van der Waals surface area (Å²) in [7, 11) is 0. The van der Waals surface area contributed by atoms with Crippen LogP contribution >= 0.6 is 0 Å². The smallest absolute Gasteiger partial charge is 0.238 e. The molecule has 1 saturated heterocycles. The van der Waals surface area contributed by atoms with E-state index in [1.807, 2.05) is 11.0 Å². The van der Waals surface area contributed by atoms with Gasteiger partial charge in [-0.05, 0) is 12.1 Å². The van der Waals surface area contributed by atoms with Gasteiger partial charge < -0.3 is 15.0 Å². The van der Waals surface area contributed by atoms with Crippen LogP contribution in [0.2, 0.25) is 0 Å². The van der Waals surface area contributed by atoms with Crippen molar-refractivity contribution in [3.05, 3.63) is 30.4 Å². The minimum Gasteiger partial charge on any atom is -0.378 e. The molecule has 21 heavy (non-hydrogen) atoms. The SMILES string of the molecule is N#Cc1nc(Nc2ccncc2)nc(N2CCOCC2)n1.